The van der Waals surface area contributed by atoms with Crippen LogP contribution >= 0.6 is 15.9 Å². The van der Waals surface area contributed by atoms with Gasteiger partial charge in [0.25, 0.3) is 0 Å². The van der Waals surface area contributed by atoms with Gasteiger partial charge in [-0.3, -0.25) is 0 Å². The molecule has 0 spiro atoms. The van der Waals surface area contributed by atoms with Gasteiger partial charge in [-0.05, 0) is 43.9 Å². The summed E-state index contributed by atoms with van der Waals surface area (Å²) in [6.45, 7) is 0.569. The molecule has 3 heteroatoms. The van der Waals surface area contributed by atoms with Gasteiger partial charge in [-0.2, -0.15) is 0 Å². The minimum Gasteiger partial charge on any atom is -0.488 e. The number of hydrogen-bond donors (Lipinski definition) is 1. The average Bonchev–Trinajstić information content (AvgIpc) is 2.55. The Balaban J connectivity index is 1.79. The Labute approximate surface area is 132 Å². The molecule has 0 aliphatic heterocycles. The van der Waals surface area contributed by atoms with Crippen molar-refractivity contribution >= 4 is 26.7 Å². The zero-order chi connectivity index (χ0) is 14.7. The van der Waals surface area contributed by atoms with E-state index in [9.17, 15) is 0 Å². The second-order valence-electron chi connectivity index (χ2n) is 4.86. The van der Waals surface area contributed by atoms with Crippen LogP contribution < -0.4 is 4.74 Å². The lowest BCUT2D eigenvalue weighted by Crippen LogP contribution is -1.96. The van der Waals surface area contributed by atoms with Crippen molar-refractivity contribution in [3.8, 4) is 5.75 Å². The van der Waals surface area contributed by atoms with E-state index in [0.29, 0.717) is 6.61 Å². The standard InChI is InChI=1S/C18H15BrO2/c19-18-16-4-2-1-3-15(16)9-10-17(18)21-12-14-7-5-13(11-20)6-8-14/h1-10,20H,11-12H2. The highest BCUT2D eigenvalue weighted by atomic mass is 79.9. The Morgan fingerprint density at radius 2 is 1.57 bits per heavy atom. The molecular formula is C18H15BrO2. The van der Waals surface area contributed by atoms with Crippen LogP contribution in [0, 0.1) is 0 Å². The predicted octanol–water partition coefficient (Wildman–Crippen LogP) is 4.67. The fourth-order valence-corrected chi connectivity index (χ4v) is 2.83. The van der Waals surface area contributed by atoms with E-state index >= 15 is 0 Å². The Bertz CT molecular complexity index is 751. The number of fused-ring (bicyclic) bond motifs is 1. The summed E-state index contributed by atoms with van der Waals surface area (Å²) in [6, 6.07) is 20.0. The lowest BCUT2D eigenvalue weighted by Gasteiger charge is -2.10. The summed E-state index contributed by atoms with van der Waals surface area (Å²) in [6.07, 6.45) is 0. The first-order valence-electron chi connectivity index (χ1n) is 6.76. The van der Waals surface area contributed by atoms with Gasteiger partial charge in [-0.1, -0.05) is 54.6 Å². The summed E-state index contributed by atoms with van der Waals surface area (Å²) in [7, 11) is 0. The first-order valence-corrected chi connectivity index (χ1v) is 7.56. The highest BCUT2D eigenvalue weighted by Crippen LogP contribution is 2.33. The third-order valence-corrected chi connectivity index (χ3v) is 4.25. The highest BCUT2D eigenvalue weighted by molar-refractivity contribution is 9.10. The SMILES string of the molecule is OCc1ccc(COc2ccc3ccccc3c2Br)cc1. The first-order chi connectivity index (χ1) is 10.3. The molecule has 0 fully saturated rings. The summed E-state index contributed by atoms with van der Waals surface area (Å²) in [5.74, 6) is 0.833. The molecule has 3 rings (SSSR count). The maximum absolute atomic E-state index is 9.04. The van der Waals surface area contributed by atoms with E-state index in [1.54, 1.807) is 0 Å². The highest BCUT2D eigenvalue weighted by Gasteiger charge is 2.06. The summed E-state index contributed by atoms with van der Waals surface area (Å²) in [4.78, 5) is 0. The number of ether oxygens (including phenoxy) is 1. The summed E-state index contributed by atoms with van der Waals surface area (Å²) in [5.41, 5.74) is 1.98. The molecule has 0 aromatic heterocycles. The second-order valence-corrected chi connectivity index (χ2v) is 5.66. The Hall–Kier alpha value is -1.84. The average molecular weight is 343 g/mol. The van der Waals surface area contributed by atoms with Crippen molar-refractivity contribution in [3.05, 3.63) is 76.3 Å². The lowest BCUT2D eigenvalue weighted by atomic mass is 10.1. The maximum atomic E-state index is 9.04. The maximum Gasteiger partial charge on any atom is 0.134 e. The fourth-order valence-electron chi connectivity index (χ4n) is 2.23. The quantitative estimate of drug-likeness (QED) is 0.746. The molecule has 0 radical (unpaired) electrons. The van der Waals surface area contributed by atoms with E-state index in [1.807, 2.05) is 42.5 Å². The van der Waals surface area contributed by atoms with Crippen molar-refractivity contribution in [2.75, 3.05) is 0 Å². The zero-order valence-corrected chi connectivity index (χ0v) is 13.0. The van der Waals surface area contributed by atoms with Crippen LogP contribution in [0.2, 0.25) is 0 Å². The van der Waals surface area contributed by atoms with E-state index in [4.69, 9.17) is 9.84 Å². The number of rotatable bonds is 4. The van der Waals surface area contributed by atoms with Crippen LogP contribution in [-0.2, 0) is 13.2 Å². The van der Waals surface area contributed by atoms with Gasteiger partial charge in [0.15, 0.2) is 0 Å². The molecule has 0 amide bonds. The fraction of sp³-hybridized carbons (Fsp3) is 0.111. The van der Waals surface area contributed by atoms with Gasteiger partial charge < -0.3 is 9.84 Å². The van der Waals surface area contributed by atoms with Crippen molar-refractivity contribution in [1.82, 2.24) is 0 Å². The molecule has 106 valence electrons. The van der Waals surface area contributed by atoms with Crippen LogP contribution in [0.15, 0.2) is 65.1 Å². The molecule has 0 atom stereocenters. The molecule has 0 unspecified atom stereocenters. The molecule has 3 aromatic rings. The number of aliphatic hydroxyl groups excluding tert-OH is 1. The second kappa shape index (κ2) is 6.29. The van der Waals surface area contributed by atoms with Gasteiger partial charge in [-0.15, -0.1) is 0 Å². The molecule has 21 heavy (non-hydrogen) atoms. The van der Waals surface area contributed by atoms with Crippen LogP contribution in [-0.4, -0.2) is 5.11 Å². The van der Waals surface area contributed by atoms with E-state index < -0.39 is 0 Å². The van der Waals surface area contributed by atoms with E-state index in [2.05, 4.69) is 34.1 Å². The molecule has 0 aliphatic carbocycles. The molecule has 0 aliphatic rings. The number of halogens is 1. The van der Waals surface area contributed by atoms with Crippen LogP contribution in [0.1, 0.15) is 11.1 Å². The lowest BCUT2D eigenvalue weighted by molar-refractivity contribution is 0.281. The molecular weight excluding hydrogens is 328 g/mol. The van der Waals surface area contributed by atoms with Gasteiger partial charge in [0.05, 0.1) is 11.1 Å². The predicted molar refractivity (Wildman–Crippen MR) is 88.3 cm³/mol. The molecule has 0 bridgehead atoms. The van der Waals surface area contributed by atoms with Gasteiger partial charge in [0.1, 0.15) is 12.4 Å². The normalized spacial score (nSPS) is 10.8. The van der Waals surface area contributed by atoms with Crippen LogP contribution in [0.5, 0.6) is 5.75 Å². The molecule has 1 N–H and O–H groups in total. The molecule has 0 saturated carbocycles. The number of aliphatic hydroxyl groups is 1. The molecule has 2 nitrogen and oxygen atoms in total. The summed E-state index contributed by atoms with van der Waals surface area (Å²) < 4.78 is 6.87. The summed E-state index contributed by atoms with van der Waals surface area (Å²) >= 11 is 3.62. The minimum absolute atomic E-state index is 0.0668. The largest absolute Gasteiger partial charge is 0.488 e. The van der Waals surface area contributed by atoms with Gasteiger partial charge in [-0.25, -0.2) is 0 Å². The van der Waals surface area contributed by atoms with Gasteiger partial charge in [0.2, 0.25) is 0 Å². The van der Waals surface area contributed by atoms with E-state index in [1.165, 1.54) is 5.39 Å². The molecule has 3 aromatic carbocycles. The van der Waals surface area contributed by atoms with Crippen molar-refractivity contribution in [2.24, 2.45) is 0 Å². The summed E-state index contributed by atoms with van der Waals surface area (Å²) in [5, 5.41) is 11.4. The monoisotopic (exact) mass is 342 g/mol. The molecule has 0 heterocycles. The van der Waals surface area contributed by atoms with Crippen molar-refractivity contribution in [2.45, 2.75) is 13.2 Å². The number of benzene rings is 3. The third-order valence-electron chi connectivity index (χ3n) is 3.43. The van der Waals surface area contributed by atoms with E-state index in [-0.39, 0.29) is 6.61 Å². The van der Waals surface area contributed by atoms with Crippen LogP contribution in [0.3, 0.4) is 0 Å². The third kappa shape index (κ3) is 3.09. The first kappa shape index (κ1) is 14.1. The van der Waals surface area contributed by atoms with Crippen molar-refractivity contribution in [1.29, 1.82) is 0 Å². The van der Waals surface area contributed by atoms with Gasteiger partial charge >= 0.3 is 0 Å². The Morgan fingerprint density at radius 3 is 2.33 bits per heavy atom. The Morgan fingerprint density at radius 1 is 0.857 bits per heavy atom. The van der Waals surface area contributed by atoms with Crippen molar-refractivity contribution < 1.29 is 9.84 Å². The molecule has 0 saturated heterocycles. The van der Waals surface area contributed by atoms with Crippen molar-refractivity contribution in [3.63, 3.8) is 0 Å². The Kier molecular flexibility index (Phi) is 4.23. The van der Waals surface area contributed by atoms with Crippen LogP contribution in [0.4, 0.5) is 0 Å². The zero-order valence-electron chi connectivity index (χ0n) is 11.4. The topological polar surface area (TPSA) is 29.5 Å². The van der Waals surface area contributed by atoms with E-state index in [0.717, 1.165) is 26.7 Å². The smallest absolute Gasteiger partial charge is 0.134 e. The minimum atomic E-state index is 0.0668. The van der Waals surface area contributed by atoms with Gasteiger partial charge in [0, 0.05) is 0 Å². The number of hydrogen-bond acceptors (Lipinski definition) is 2. The van der Waals surface area contributed by atoms with Crippen LogP contribution in [0.25, 0.3) is 10.8 Å².